The number of piperidine rings is 1. The number of hydrogen-bond donors (Lipinski definition) is 1. The van der Waals surface area contributed by atoms with Crippen molar-refractivity contribution in [3.63, 3.8) is 0 Å². The summed E-state index contributed by atoms with van der Waals surface area (Å²) in [6, 6.07) is 0.776. The summed E-state index contributed by atoms with van der Waals surface area (Å²) in [5, 5.41) is 0. The van der Waals surface area contributed by atoms with E-state index in [-0.39, 0.29) is 0 Å². The topological polar surface area (TPSA) is 38.5 Å². The molecule has 2 fully saturated rings. The summed E-state index contributed by atoms with van der Waals surface area (Å²) in [5.41, 5.74) is 5.74. The zero-order chi connectivity index (χ0) is 9.80. The third-order valence-electron chi connectivity index (χ3n) is 3.59. The Morgan fingerprint density at radius 1 is 1.21 bits per heavy atom. The van der Waals surface area contributed by atoms with Crippen LogP contribution in [0.1, 0.15) is 25.7 Å². The van der Waals surface area contributed by atoms with Crippen LogP contribution in [0.4, 0.5) is 0 Å². The van der Waals surface area contributed by atoms with Gasteiger partial charge in [-0.05, 0) is 44.7 Å². The van der Waals surface area contributed by atoms with Crippen LogP contribution in [0.15, 0.2) is 0 Å². The fourth-order valence-corrected chi connectivity index (χ4v) is 2.67. The van der Waals surface area contributed by atoms with Crippen LogP contribution in [0.25, 0.3) is 0 Å². The third-order valence-corrected chi connectivity index (χ3v) is 3.59. The molecular weight excluding hydrogens is 176 g/mol. The minimum Gasteiger partial charge on any atom is -0.381 e. The van der Waals surface area contributed by atoms with Crippen LogP contribution >= 0.6 is 0 Å². The first-order valence-electron chi connectivity index (χ1n) is 5.92. The monoisotopic (exact) mass is 198 g/mol. The van der Waals surface area contributed by atoms with E-state index in [1.54, 1.807) is 0 Å². The van der Waals surface area contributed by atoms with Crippen molar-refractivity contribution in [2.45, 2.75) is 31.7 Å². The summed E-state index contributed by atoms with van der Waals surface area (Å²) in [6.45, 7) is 5.27. The first kappa shape index (κ1) is 10.4. The lowest BCUT2D eigenvalue weighted by atomic mass is 9.95. The quantitative estimate of drug-likeness (QED) is 0.714. The Labute approximate surface area is 86.6 Å². The lowest BCUT2D eigenvalue weighted by Crippen LogP contribution is -2.46. The normalized spacial score (nSPS) is 31.9. The lowest BCUT2D eigenvalue weighted by Gasteiger charge is -2.39. The average Bonchev–Trinajstić information content (AvgIpc) is 2.30. The van der Waals surface area contributed by atoms with Crippen LogP contribution < -0.4 is 5.73 Å². The SMILES string of the molecule is NCC1CCCN(C2CCOCC2)C1. The minimum absolute atomic E-state index is 0.742. The van der Waals surface area contributed by atoms with Crippen molar-refractivity contribution >= 4 is 0 Å². The standard InChI is InChI=1S/C11H22N2O/c12-8-10-2-1-5-13(9-10)11-3-6-14-7-4-11/h10-11H,1-9,12H2. The predicted octanol–water partition coefficient (Wildman–Crippen LogP) is 0.836. The van der Waals surface area contributed by atoms with E-state index in [1.165, 1.54) is 38.8 Å². The van der Waals surface area contributed by atoms with Crippen molar-refractivity contribution in [1.82, 2.24) is 4.90 Å². The molecule has 2 aliphatic rings. The van der Waals surface area contributed by atoms with Crippen LogP contribution in [0.3, 0.4) is 0 Å². The predicted molar refractivity (Wildman–Crippen MR) is 57.2 cm³/mol. The molecule has 3 nitrogen and oxygen atoms in total. The van der Waals surface area contributed by atoms with Gasteiger partial charge in [-0.15, -0.1) is 0 Å². The molecule has 0 radical (unpaired) electrons. The molecule has 0 aromatic rings. The van der Waals surface area contributed by atoms with Crippen LogP contribution in [0, 0.1) is 5.92 Å². The molecule has 2 N–H and O–H groups in total. The molecule has 0 amide bonds. The zero-order valence-electron chi connectivity index (χ0n) is 8.95. The molecule has 3 heteroatoms. The number of rotatable bonds is 2. The Kier molecular flexibility index (Phi) is 3.79. The van der Waals surface area contributed by atoms with Crippen molar-refractivity contribution in [3.05, 3.63) is 0 Å². The average molecular weight is 198 g/mol. The Morgan fingerprint density at radius 3 is 2.71 bits per heavy atom. The van der Waals surface area contributed by atoms with Crippen molar-refractivity contribution in [2.24, 2.45) is 11.7 Å². The highest BCUT2D eigenvalue weighted by molar-refractivity contribution is 4.80. The molecule has 0 aromatic carbocycles. The van der Waals surface area contributed by atoms with Gasteiger partial charge in [0, 0.05) is 25.8 Å². The molecule has 0 spiro atoms. The van der Waals surface area contributed by atoms with Crippen LogP contribution in [0.2, 0.25) is 0 Å². The molecule has 2 saturated heterocycles. The van der Waals surface area contributed by atoms with E-state index >= 15 is 0 Å². The second kappa shape index (κ2) is 5.10. The van der Waals surface area contributed by atoms with E-state index in [0.29, 0.717) is 0 Å². The number of likely N-dealkylation sites (tertiary alicyclic amines) is 1. The first-order chi connectivity index (χ1) is 6.90. The molecule has 1 unspecified atom stereocenters. The smallest absolute Gasteiger partial charge is 0.0480 e. The molecule has 2 rings (SSSR count). The number of ether oxygens (including phenoxy) is 1. The first-order valence-corrected chi connectivity index (χ1v) is 5.92. The van der Waals surface area contributed by atoms with E-state index < -0.39 is 0 Å². The van der Waals surface area contributed by atoms with Gasteiger partial charge >= 0.3 is 0 Å². The summed E-state index contributed by atoms with van der Waals surface area (Å²) in [6.07, 6.45) is 5.10. The molecule has 1 atom stereocenters. The van der Waals surface area contributed by atoms with Gasteiger partial charge in [0.05, 0.1) is 0 Å². The maximum absolute atomic E-state index is 5.74. The minimum atomic E-state index is 0.742. The van der Waals surface area contributed by atoms with E-state index in [4.69, 9.17) is 10.5 Å². The fraction of sp³-hybridized carbons (Fsp3) is 1.00. The molecule has 0 aliphatic carbocycles. The second-order valence-corrected chi connectivity index (χ2v) is 4.58. The zero-order valence-corrected chi connectivity index (χ0v) is 8.95. The summed E-state index contributed by atoms with van der Waals surface area (Å²) < 4.78 is 5.39. The van der Waals surface area contributed by atoms with Gasteiger partial charge in [0.25, 0.3) is 0 Å². The van der Waals surface area contributed by atoms with Gasteiger partial charge in [-0.2, -0.15) is 0 Å². The van der Waals surface area contributed by atoms with Gasteiger partial charge in [0.1, 0.15) is 0 Å². The maximum atomic E-state index is 5.74. The Morgan fingerprint density at radius 2 is 2.00 bits per heavy atom. The summed E-state index contributed by atoms with van der Waals surface area (Å²) in [7, 11) is 0. The summed E-state index contributed by atoms with van der Waals surface area (Å²) >= 11 is 0. The fourth-order valence-electron chi connectivity index (χ4n) is 2.67. The molecule has 0 aromatic heterocycles. The van der Waals surface area contributed by atoms with Gasteiger partial charge in [-0.3, -0.25) is 4.90 Å². The third kappa shape index (κ3) is 2.47. The van der Waals surface area contributed by atoms with Gasteiger partial charge in [-0.25, -0.2) is 0 Å². The van der Waals surface area contributed by atoms with Crippen LogP contribution in [-0.4, -0.2) is 43.8 Å². The Balaban J connectivity index is 1.83. The molecule has 2 heterocycles. The van der Waals surface area contributed by atoms with E-state index in [1.807, 2.05) is 0 Å². The van der Waals surface area contributed by atoms with E-state index in [2.05, 4.69) is 4.90 Å². The van der Waals surface area contributed by atoms with Crippen molar-refractivity contribution < 1.29 is 4.74 Å². The number of nitrogens with zero attached hydrogens (tertiary/aromatic N) is 1. The van der Waals surface area contributed by atoms with Crippen molar-refractivity contribution in [3.8, 4) is 0 Å². The molecular formula is C11H22N2O. The number of nitrogens with two attached hydrogens (primary N) is 1. The van der Waals surface area contributed by atoms with Gasteiger partial charge in [-0.1, -0.05) is 0 Å². The van der Waals surface area contributed by atoms with Crippen LogP contribution in [0.5, 0.6) is 0 Å². The Bertz CT molecular complexity index is 169. The van der Waals surface area contributed by atoms with E-state index in [9.17, 15) is 0 Å². The summed E-state index contributed by atoms with van der Waals surface area (Å²) in [4.78, 5) is 2.64. The van der Waals surface area contributed by atoms with Gasteiger partial charge in [0.15, 0.2) is 0 Å². The molecule has 2 aliphatic heterocycles. The largest absolute Gasteiger partial charge is 0.381 e. The van der Waals surface area contributed by atoms with Crippen molar-refractivity contribution in [1.29, 1.82) is 0 Å². The van der Waals surface area contributed by atoms with E-state index in [0.717, 1.165) is 31.7 Å². The van der Waals surface area contributed by atoms with Crippen LogP contribution in [-0.2, 0) is 4.74 Å². The highest BCUT2D eigenvalue weighted by atomic mass is 16.5. The second-order valence-electron chi connectivity index (χ2n) is 4.58. The summed E-state index contributed by atoms with van der Waals surface area (Å²) in [5.74, 6) is 0.742. The molecule has 0 bridgehead atoms. The highest BCUT2D eigenvalue weighted by Gasteiger charge is 2.26. The van der Waals surface area contributed by atoms with Crippen molar-refractivity contribution in [2.75, 3.05) is 32.8 Å². The lowest BCUT2D eigenvalue weighted by molar-refractivity contribution is 0.0186. The van der Waals surface area contributed by atoms with Gasteiger partial charge < -0.3 is 10.5 Å². The number of hydrogen-bond acceptors (Lipinski definition) is 3. The highest BCUT2D eigenvalue weighted by Crippen LogP contribution is 2.22. The molecule has 14 heavy (non-hydrogen) atoms. The molecule has 0 saturated carbocycles. The maximum Gasteiger partial charge on any atom is 0.0480 e. The Hall–Kier alpha value is -0.120. The van der Waals surface area contributed by atoms with Gasteiger partial charge in [0.2, 0.25) is 0 Å². The molecule has 82 valence electrons.